The molecule has 2 heterocycles. The van der Waals surface area contributed by atoms with E-state index in [-0.39, 0.29) is 42.0 Å². The second-order valence-electron chi connectivity index (χ2n) is 7.31. The van der Waals surface area contributed by atoms with Crippen LogP contribution in [0.15, 0.2) is 79.1 Å². The number of esters is 1. The number of para-hydroxylation sites is 2. The zero-order chi connectivity index (χ0) is 26.9. The fraction of sp³-hybridized carbons (Fsp3) is 0.120. The van der Waals surface area contributed by atoms with E-state index in [0.717, 1.165) is 0 Å². The van der Waals surface area contributed by atoms with Crippen molar-refractivity contribution in [3.63, 3.8) is 0 Å². The van der Waals surface area contributed by atoms with Crippen LogP contribution in [0.1, 0.15) is 20.7 Å². The molecular weight excluding hydrogens is 511 g/mol. The Bertz CT molecular complexity index is 1610. The van der Waals surface area contributed by atoms with Gasteiger partial charge >= 0.3 is 42.1 Å². The minimum atomic E-state index is -1.19. The third kappa shape index (κ3) is 8.68. The average Bonchev–Trinajstić information content (AvgIpc) is 2.89. The number of hydrogen-bond acceptors (Lipinski definition) is 10. The zero-order valence-electron chi connectivity index (χ0n) is 20.8. The summed E-state index contributed by atoms with van der Waals surface area (Å²) < 4.78 is 14.4. The molecule has 0 aliphatic rings. The van der Waals surface area contributed by atoms with Crippen LogP contribution in [0.4, 0.5) is 0 Å². The Hall–Kier alpha value is -4.70. The number of rotatable bonds is 6. The summed E-state index contributed by atoms with van der Waals surface area (Å²) in [5, 5.41) is 14.0. The van der Waals surface area contributed by atoms with Crippen molar-refractivity contribution in [2.45, 2.75) is 0 Å². The summed E-state index contributed by atoms with van der Waals surface area (Å²) in [5.41, 5.74) is -1.13. The summed E-state index contributed by atoms with van der Waals surface area (Å²) in [6, 6.07) is 16.4. The topological polar surface area (TPSA) is 212 Å². The first kappa shape index (κ1) is 32.3. The number of ether oxygens (including phenoxy) is 1. The molecular formula is C25H21LiN2O11. The summed E-state index contributed by atoms with van der Waals surface area (Å²) in [6.45, 7) is -0.854. The monoisotopic (exact) mass is 532 g/mol. The number of aliphatic carboxylic acids is 1. The van der Waals surface area contributed by atoms with E-state index in [1.165, 1.54) is 19.2 Å². The molecule has 0 radical (unpaired) electrons. The minimum absolute atomic E-state index is 0. The molecule has 14 heteroatoms. The number of nitrogens with one attached hydrogen (secondary N) is 2. The van der Waals surface area contributed by atoms with Crippen LogP contribution < -0.4 is 40.7 Å². The molecule has 2 aromatic carbocycles. The van der Waals surface area contributed by atoms with Crippen LogP contribution in [0, 0.1) is 0 Å². The summed E-state index contributed by atoms with van der Waals surface area (Å²) >= 11 is 0. The van der Waals surface area contributed by atoms with Crippen molar-refractivity contribution < 1.29 is 62.2 Å². The average molecular weight is 532 g/mol. The van der Waals surface area contributed by atoms with Gasteiger partial charge < -0.3 is 34.8 Å². The number of carboxylic acids is 1. The fourth-order valence-corrected chi connectivity index (χ4v) is 3.01. The molecule has 0 fully saturated rings. The Labute approximate surface area is 231 Å². The predicted octanol–water partition coefficient (Wildman–Crippen LogP) is -1.87. The van der Waals surface area contributed by atoms with Crippen LogP contribution in [0.3, 0.4) is 0 Å². The first-order valence-electron chi connectivity index (χ1n) is 10.6. The summed E-state index contributed by atoms with van der Waals surface area (Å²) in [7, 11) is 1.21. The van der Waals surface area contributed by atoms with Gasteiger partial charge in [0.15, 0.2) is 0 Å². The van der Waals surface area contributed by atoms with Crippen LogP contribution in [0.2, 0.25) is 0 Å². The maximum absolute atomic E-state index is 11.8. The summed E-state index contributed by atoms with van der Waals surface area (Å²) in [5.74, 6) is -3.23. The molecule has 13 nitrogen and oxygen atoms in total. The number of carboxylic acid groups (broad SMARTS) is 1. The predicted molar refractivity (Wildman–Crippen MR) is 131 cm³/mol. The maximum Gasteiger partial charge on any atom is 1.00 e. The van der Waals surface area contributed by atoms with Gasteiger partial charge in [-0.15, -0.1) is 0 Å². The number of carbonyl (C=O) groups is 4. The fourth-order valence-electron chi connectivity index (χ4n) is 3.01. The second kappa shape index (κ2) is 14.9. The first-order chi connectivity index (χ1) is 17.7. The van der Waals surface area contributed by atoms with Crippen molar-refractivity contribution in [3.8, 4) is 0 Å². The maximum atomic E-state index is 11.8. The van der Waals surface area contributed by atoms with Gasteiger partial charge in [-0.3, -0.25) is 19.2 Å². The van der Waals surface area contributed by atoms with E-state index in [0.29, 0.717) is 21.9 Å². The van der Waals surface area contributed by atoms with E-state index in [9.17, 15) is 28.8 Å². The van der Waals surface area contributed by atoms with Crippen molar-refractivity contribution in [3.05, 3.63) is 92.6 Å². The molecule has 2 aromatic heterocycles. The van der Waals surface area contributed by atoms with Crippen LogP contribution in [-0.4, -0.2) is 54.5 Å². The molecule has 0 saturated carbocycles. The minimum Gasteiger partial charge on any atom is -0.870 e. The Morgan fingerprint density at radius 3 is 1.59 bits per heavy atom. The molecule has 2 amide bonds. The van der Waals surface area contributed by atoms with Gasteiger partial charge in [-0.2, -0.15) is 0 Å². The van der Waals surface area contributed by atoms with Crippen LogP contribution in [0.5, 0.6) is 0 Å². The smallest absolute Gasteiger partial charge is 0.870 e. The van der Waals surface area contributed by atoms with Gasteiger partial charge in [0, 0.05) is 10.8 Å². The Kier molecular flexibility index (Phi) is 12.3. The number of amides is 2. The Morgan fingerprint density at radius 1 is 0.769 bits per heavy atom. The third-order valence-corrected chi connectivity index (χ3v) is 4.79. The number of hydrogen-bond donors (Lipinski definition) is 3. The van der Waals surface area contributed by atoms with Gasteiger partial charge in [-0.05, 0) is 24.3 Å². The molecule has 4 aromatic rings. The second-order valence-corrected chi connectivity index (χ2v) is 7.31. The molecule has 39 heavy (non-hydrogen) atoms. The van der Waals surface area contributed by atoms with E-state index in [4.69, 9.17) is 13.9 Å². The molecule has 0 bridgehead atoms. The summed E-state index contributed by atoms with van der Waals surface area (Å²) in [6.07, 6.45) is 0. The van der Waals surface area contributed by atoms with Crippen LogP contribution in [0.25, 0.3) is 21.9 Å². The number of fused-ring (bicyclic) bond motifs is 2. The molecule has 4 rings (SSSR count). The molecule has 0 aliphatic heterocycles. The largest absolute Gasteiger partial charge is 1.00 e. The quantitative estimate of drug-likeness (QED) is 0.142. The van der Waals surface area contributed by atoms with Gasteiger partial charge in [-0.1, -0.05) is 36.4 Å². The SMILES string of the molecule is COC(=O)CNC(=O)c1cc2ccccc2oc1=O.O=C(O)CNC(=O)c1cc2ccccc2oc1=O.[Li+].[OH-]. The Balaban J connectivity index is 0.000000371. The van der Waals surface area contributed by atoms with Gasteiger partial charge in [-0.25, -0.2) is 9.59 Å². The molecule has 4 N–H and O–H groups in total. The van der Waals surface area contributed by atoms with E-state index < -0.39 is 41.5 Å². The molecule has 0 unspecified atom stereocenters. The van der Waals surface area contributed by atoms with E-state index in [1.807, 2.05) is 0 Å². The van der Waals surface area contributed by atoms with Crippen molar-refractivity contribution in [2.24, 2.45) is 0 Å². The molecule has 0 saturated heterocycles. The third-order valence-electron chi connectivity index (χ3n) is 4.79. The van der Waals surface area contributed by atoms with Crippen LogP contribution >= 0.6 is 0 Å². The molecule has 0 atom stereocenters. The molecule has 0 aliphatic carbocycles. The molecule has 0 spiro atoms. The number of benzene rings is 2. The van der Waals surface area contributed by atoms with Gasteiger partial charge in [0.25, 0.3) is 11.8 Å². The van der Waals surface area contributed by atoms with E-state index in [1.54, 1.807) is 48.5 Å². The zero-order valence-corrected chi connectivity index (χ0v) is 20.8. The van der Waals surface area contributed by atoms with Crippen LogP contribution in [-0.2, 0) is 14.3 Å². The van der Waals surface area contributed by atoms with Gasteiger partial charge in [0.05, 0.1) is 7.11 Å². The summed E-state index contributed by atoms with van der Waals surface area (Å²) in [4.78, 5) is 67.7. The van der Waals surface area contributed by atoms with E-state index >= 15 is 0 Å². The van der Waals surface area contributed by atoms with Crippen molar-refractivity contribution in [1.82, 2.24) is 10.6 Å². The van der Waals surface area contributed by atoms with Crippen molar-refractivity contribution in [2.75, 3.05) is 20.2 Å². The van der Waals surface area contributed by atoms with Gasteiger partial charge in [0.1, 0.15) is 35.4 Å². The standard InChI is InChI=1S/C13H11NO5.C12H9NO5.Li.H2O/c1-18-11(15)7-14-12(16)9-6-8-4-2-3-5-10(8)19-13(9)17;14-10(15)6-13-11(16)8-5-7-3-1-2-4-9(7)18-12(8)17;;/h2-6H,7H2,1H3,(H,14,16);1-5H,6H2,(H,13,16)(H,14,15);;1H2/q;;+1;/p-1. The normalized spacial score (nSPS) is 9.67. The van der Waals surface area contributed by atoms with Gasteiger partial charge in [0.2, 0.25) is 0 Å². The molecule has 198 valence electrons. The van der Waals surface area contributed by atoms with Crippen molar-refractivity contribution >= 4 is 45.7 Å². The number of carbonyl (C=O) groups excluding carboxylic acids is 3. The number of methoxy groups -OCH3 is 1. The Morgan fingerprint density at radius 2 is 1.18 bits per heavy atom. The van der Waals surface area contributed by atoms with Crippen molar-refractivity contribution in [1.29, 1.82) is 0 Å². The first-order valence-corrected chi connectivity index (χ1v) is 10.6. The van der Waals surface area contributed by atoms with E-state index in [2.05, 4.69) is 15.4 Å².